The molecule has 0 atom stereocenters. The van der Waals surface area contributed by atoms with E-state index in [9.17, 15) is 13.2 Å². The third kappa shape index (κ3) is 6.47. The van der Waals surface area contributed by atoms with Gasteiger partial charge in [-0.3, -0.25) is 4.90 Å². The van der Waals surface area contributed by atoms with Crippen molar-refractivity contribution in [1.82, 2.24) is 9.80 Å². The van der Waals surface area contributed by atoms with Crippen molar-refractivity contribution in [2.45, 2.75) is 31.3 Å². The monoisotopic (exact) mass is 385 g/mol. The first-order valence-electron chi connectivity index (χ1n) is 8.50. The summed E-state index contributed by atoms with van der Waals surface area (Å²) in [6.07, 6.45) is -0.275. The Morgan fingerprint density at radius 3 is 2.19 bits per heavy atom. The minimum atomic E-state index is -3.69. The fourth-order valence-electron chi connectivity index (χ4n) is 2.50. The lowest BCUT2D eigenvalue weighted by molar-refractivity contribution is 0.0137. The van der Waals surface area contributed by atoms with Gasteiger partial charge in [-0.15, -0.1) is 0 Å². The van der Waals surface area contributed by atoms with Crippen LogP contribution < -0.4 is 9.88 Å². The van der Waals surface area contributed by atoms with Gasteiger partial charge in [0.05, 0.1) is 4.90 Å². The summed E-state index contributed by atoms with van der Waals surface area (Å²) in [5.41, 5.74) is -0.485. The van der Waals surface area contributed by atoms with Gasteiger partial charge in [0.15, 0.2) is 0 Å². The highest BCUT2D eigenvalue weighted by molar-refractivity contribution is 7.89. The molecule has 0 radical (unpaired) electrons. The molecule has 146 valence electrons. The molecular formula is C17H27N3O5S. The zero-order valence-electron chi connectivity index (χ0n) is 15.5. The third-order valence-electron chi connectivity index (χ3n) is 3.85. The molecule has 2 rings (SSSR count). The Bertz CT molecular complexity index is 705. The van der Waals surface area contributed by atoms with E-state index in [2.05, 4.69) is 4.90 Å². The van der Waals surface area contributed by atoms with E-state index < -0.39 is 15.6 Å². The number of primary sulfonamides is 1. The first-order chi connectivity index (χ1) is 12.0. The molecule has 1 heterocycles. The molecule has 26 heavy (non-hydrogen) atoms. The number of carbonyl (C=O) groups excluding carboxylic acids is 1. The number of hydrogen-bond donors (Lipinski definition) is 1. The lowest BCUT2D eigenvalue weighted by Gasteiger charge is -2.35. The molecule has 0 spiro atoms. The summed E-state index contributed by atoms with van der Waals surface area (Å²) in [6.45, 7) is 9.52. The van der Waals surface area contributed by atoms with Crippen LogP contribution in [0.5, 0.6) is 5.75 Å². The molecular weight excluding hydrogens is 358 g/mol. The van der Waals surface area contributed by atoms with Crippen LogP contribution in [0.2, 0.25) is 0 Å². The van der Waals surface area contributed by atoms with Gasteiger partial charge < -0.3 is 14.4 Å². The maximum atomic E-state index is 12.0. The minimum Gasteiger partial charge on any atom is -0.492 e. The second kappa shape index (κ2) is 8.24. The lowest BCUT2D eigenvalue weighted by atomic mass is 10.2. The summed E-state index contributed by atoms with van der Waals surface area (Å²) < 4.78 is 33.4. The number of nitrogens with two attached hydrogens (primary N) is 1. The van der Waals surface area contributed by atoms with E-state index in [1.165, 1.54) is 12.1 Å². The van der Waals surface area contributed by atoms with Gasteiger partial charge in [0.1, 0.15) is 18.0 Å². The van der Waals surface area contributed by atoms with Crippen LogP contribution in [0, 0.1) is 0 Å². The molecule has 0 aromatic heterocycles. The molecule has 0 saturated carbocycles. The van der Waals surface area contributed by atoms with Crippen molar-refractivity contribution in [3.8, 4) is 5.75 Å². The SMILES string of the molecule is CC(C)(C)OC(=O)N1CCN(CCOc2ccc(S(N)(=O)=O)cc2)CC1. The van der Waals surface area contributed by atoms with E-state index in [0.29, 0.717) is 25.4 Å². The second-order valence-corrected chi connectivity index (χ2v) is 8.74. The van der Waals surface area contributed by atoms with Gasteiger partial charge in [0.2, 0.25) is 10.0 Å². The number of sulfonamides is 1. The van der Waals surface area contributed by atoms with Crippen molar-refractivity contribution >= 4 is 16.1 Å². The molecule has 1 aromatic rings. The van der Waals surface area contributed by atoms with E-state index in [-0.39, 0.29) is 11.0 Å². The average Bonchev–Trinajstić information content (AvgIpc) is 2.53. The molecule has 1 aliphatic heterocycles. The van der Waals surface area contributed by atoms with Crippen LogP contribution in [0.25, 0.3) is 0 Å². The van der Waals surface area contributed by atoms with Crippen LogP contribution in [0.3, 0.4) is 0 Å². The summed E-state index contributed by atoms with van der Waals surface area (Å²) in [6, 6.07) is 6.01. The van der Waals surface area contributed by atoms with Crippen LogP contribution in [-0.4, -0.2) is 69.2 Å². The smallest absolute Gasteiger partial charge is 0.410 e. The van der Waals surface area contributed by atoms with Gasteiger partial charge in [-0.25, -0.2) is 18.4 Å². The largest absolute Gasteiger partial charge is 0.492 e. The van der Waals surface area contributed by atoms with Crippen molar-refractivity contribution in [1.29, 1.82) is 0 Å². The maximum absolute atomic E-state index is 12.0. The van der Waals surface area contributed by atoms with Crippen molar-refractivity contribution in [3.05, 3.63) is 24.3 Å². The average molecular weight is 385 g/mol. The normalized spacial score (nSPS) is 16.4. The highest BCUT2D eigenvalue weighted by Crippen LogP contribution is 2.15. The van der Waals surface area contributed by atoms with E-state index in [1.807, 2.05) is 20.8 Å². The molecule has 1 fully saturated rings. The van der Waals surface area contributed by atoms with Crippen molar-refractivity contribution in [2.75, 3.05) is 39.3 Å². The molecule has 1 aromatic carbocycles. The predicted molar refractivity (Wildman–Crippen MR) is 97.6 cm³/mol. The van der Waals surface area contributed by atoms with Crippen molar-refractivity contribution in [3.63, 3.8) is 0 Å². The van der Waals surface area contributed by atoms with Gasteiger partial charge in [-0.1, -0.05) is 0 Å². The van der Waals surface area contributed by atoms with E-state index in [1.54, 1.807) is 17.0 Å². The quantitative estimate of drug-likeness (QED) is 0.819. The number of carbonyl (C=O) groups is 1. The van der Waals surface area contributed by atoms with Crippen molar-refractivity contribution in [2.24, 2.45) is 5.14 Å². The number of rotatable bonds is 5. The fraction of sp³-hybridized carbons (Fsp3) is 0.588. The number of ether oxygens (including phenoxy) is 2. The van der Waals surface area contributed by atoms with Gasteiger partial charge >= 0.3 is 6.09 Å². The minimum absolute atomic E-state index is 0.0584. The standard InChI is InChI=1S/C17H27N3O5S/c1-17(2,3)25-16(21)20-10-8-19(9-11-20)12-13-24-14-4-6-15(7-5-14)26(18,22)23/h4-7H,8-13H2,1-3H3,(H2,18,22,23). The number of amides is 1. The first-order valence-corrected chi connectivity index (χ1v) is 10.1. The van der Waals surface area contributed by atoms with Crippen molar-refractivity contribution < 1.29 is 22.7 Å². The summed E-state index contributed by atoms with van der Waals surface area (Å²) >= 11 is 0. The Kier molecular flexibility index (Phi) is 6.48. The van der Waals surface area contributed by atoms with Gasteiger partial charge in [0.25, 0.3) is 0 Å². The summed E-state index contributed by atoms with van der Waals surface area (Å²) in [5.74, 6) is 0.588. The van der Waals surface area contributed by atoms with Crippen LogP contribution in [0.15, 0.2) is 29.2 Å². The van der Waals surface area contributed by atoms with Gasteiger partial charge in [0, 0.05) is 32.7 Å². The first kappa shape index (κ1) is 20.5. The third-order valence-corrected chi connectivity index (χ3v) is 4.78. The number of piperazine rings is 1. The Labute approximate surface area is 154 Å². The van der Waals surface area contributed by atoms with Crippen LogP contribution in [0.4, 0.5) is 4.79 Å². The van der Waals surface area contributed by atoms with E-state index in [4.69, 9.17) is 14.6 Å². The Hall–Kier alpha value is -1.84. The highest BCUT2D eigenvalue weighted by Gasteiger charge is 2.25. The number of benzene rings is 1. The molecule has 0 unspecified atom stereocenters. The Morgan fingerprint density at radius 1 is 1.12 bits per heavy atom. The predicted octanol–water partition coefficient (Wildman–Crippen LogP) is 1.27. The van der Waals surface area contributed by atoms with Crippen LogP contribution >= 0.6 is 0 Å². The number of nitrogens with zero attached hydrogens (tertiary/aromatic N) is 2. The van der Waals surface area contributed by atoms with Gasteiger partial charge in [-0.2, -0.15) is 0 Å². The van der Waals surface area contributed by atoms with Gasteiger partial charge in [-0.05, 0) is 45.0 Å². The van der Waals surface area contributed by atoms with E-state index in [0.717, 1.165) is 19.6 Å². The molecule has 9 heteroatoms. The fourth-order valence-corrected chi connectivity index (χ4v) is 3.01. The van der Waals surface area contributed by atoms with Crippen LogP contribution in [-0.2, 0) is 14.8 Å². The molecule has 2 N–H and O–H groups in total. The Balaban J connectivity index is 1.71. The van der Waals surface area contributed by atoms with Crippen LogP contribution in [0.1, 0.15) is 20.8 Å². The topological polar surface area (TPSA) is 102 Å². The summed E-state index contributed by atoms with van der Waals surface area (Å²) in [5, 5.41) is 5.06. The zero-order chi connectivity index (χ0) is 19.4. The molecule has 8 nitrogen and oxygen atoms in total. The summed E-state index contributed by atoms with van der Waals surface area (Å²) in [7, 11) is -3.69. The molecule has 1 aliphatic rings. The lowest BCUT2D eigenvalue weighted by Crippen LogP contribution is -2.50. The van der Waals surface area contributed by atoms with E-state index >= 15 is 0 Å². The molecule has 1 amide bonds. The maximum Gasteiger partial charge on any atom is 0.410 e. The Morgan fingerprint density at radius 2 is 1.69 bits per heavy atom. The number of hydrogen-bond acceptors (Lipinski definition) is 6. The molecule has 1 saturated heterocycles. The molecule has 0 aliphatic carbocycles. The second-order valence-electron chi connectivity index (χ2n) is 7.17. The highest BCUT2D eigenvalue weighted by atomic mass is 32.2. The summed E-state index contributed by atoms with van der Waals surface area (Å²) in [4.78, 5) is 16.0. The zero-order valence-corrected chi connectivity index (χ0v) is 16.3. The molecule has 0 bridgehead atoms.